The van der Waals surface area contributed by atoms with E-state index in [-0.39, 0.29) is 11.2 Å². The number of nitrogens with zero attached hydrogens (tertiary/aromatic N) is 2. The van der Waals surface area contributed by atoms with Crippen LogP contribution in [-0.2, 0) is 4.79 Å². The number of thiophene rings is 1. The van der Waals surface area contributed by atoms with Gasteiger partial charge >= 0.3 is 0 Å². The van der Waals surface area contributed by atoms with Crippen molar-refractivity contribution in [2.75, 3.05) is 0 Å². The first-order chi connectivity index (χ1) is 12.6. The molecule has 1 aromatic carbocycles. The molecule has 136 valence electrons. The maximum Gasteiger partial charge on any atom is 0.277 e. The Bertz CT molecular complexity index is 934. The van der Waals surface area contributed by atoms with Crippen LogP contribution in [0.25, 0.3) is 20.9 Å². The zero-order valence-corrected chi connectivity index (χ0v) is 16.6. The van der Waals surface area contributed by atoms with Gasteiger partial charge in [0.1, 0.15) is 4.88 Å². The van der Waals surface area contributed by atoms with E-state index in [0.717, 1.165) is 27.8 Å². The monoisotopic (exact) mass is 407 g/mol. The Morgan fingerprint density at radius 3 is 2.88 bits per heavy atom. The molecule has 0 spiro atoms. The average Bonchev–Trinajstić information content (AvgIpc) is 3.36. The highest BCUT2D eigenvalue weighted by atomic mass is 35.5. The minimum atomic E-state index is -0.290. The molecule has 0 saturated heterocycles. The molecule has 1 aliphatic rings. The molecule has 26 heavy (non-hydrogen) atoms. The number of halogens is 1. The lowest BCUT2D eigenvalue weighted by molar-refractivity contribution is -0.120. The van der Waals surface area contributed by atoms with E-state index in [1.54, 1.807) is 0 Å². The predicted molar refractivity (Wildman–Crippen MR) is 106 cm³/mol. The number of amides is 1. The van der Waals surface area contributed by atoms with Crippen molar-refractivity contribution in [3.05, 3.63) is 29.3 Å². The third kappa shape index (κ3) is 3.61. The van der Waals surface area contributed by atoms with Crippen LogP contribution in [0.5, 0.6) is 0 Å². The highest BCUT2D eigenvalue weighted by Gasteiger charge is 2.24. The summed E-state index contributed by atoms with van der Waals surface area (Å²) < 4.78 is 6.83. The van der Waals surface area contributed by atoms with Crippen LogP contribution in [0.3, 0.4) is 0 Å². The topological polar surface area (TPSA) is 68.0 Å². The molecule has 4 rings (SSSR count). The summed E-state index contributed by atoms with van der Waals surface area (Å²) >= 11 is 9.26. The molecule has 1 aliphatic carbocycles. The first-order valence-corrected chi connectivity index (χ1v) is 10.7. The van der Waals surface area contributed by atoms with Crippen LogP contribution in [0.15, 0.2) is 33.9 Å². The van der Waals surface area contributed by atoms with Gasteiger partial charge in [-0.1, -0.05) is 54.4 Å². The van der Waals surface area contributed by atoms with E-state index in [0.29, 0.717) is 22.2 Å². The zero-order chi connectivity index (χ0) is 18.1. The Kier molecular flexibility index (Phi) is 5.20. The Hall–Kier alpha value is -1.57. The maximum absolute atomic E-state index is 12.3. The maximum atomic E-state index is 12.3. The Balaban J connectivity index is 1.47. The number of rotatable bonds is 5. The predicted octanol–water partition coefficient (Wildman–Crippen LogP) is 5.14. The third-order valence-electron chi connectivity index (χ3n) is 4.48. The molecule has 0 aliphatic heterocycles. The molecule has 2 heterocycles. The van der Waals surface area contributed by atoms with Crippen molar-refractivity contribution >= 4 is 50.7 Å². The second-order valence-electron chi connectivity index (χ2n) is 6.36. The number of thioether (sulfide) groups is 1. The van der Waals surface area contributed by atoms with E-state index in [9.17, 15) is 4.79 Å². The number of hydrogen-bond donors (Lipinski definition) is 1. The quantitative estimate of drug-likeness (QED) is 0.593. The van der Waals surface area contributed by atoms with Gasteiger partial charge in [0, 0.05) is 16.1 Å². The summed E-state index contributed by atoms with van der Waals surface area (Å²) in [4.78, 5) is 13.1. The first kappa shape index (κ1) is 17.8. The second-order valence-corrected chi connectivity index (χ2v) is 9.09. The summed E-state index contributed by atoms with van der Waals surface area (Å²) in [5, 5.41) is 13.0. The third-order valence-corrected chi connectivity index (χ3v) is 7.08. The molecule has 5 nitrogen and oxygen atoms in total. The molecule has 0 unspecified atom stereocenters. The molecule has 1 saturated carbocycles. The van der Waals surface area contributed by atoms with E-state index < -0.39 is 0 Å². The number of nitrogens with one attached hydrogen (secondary N) is 1. The Labute approximate surface area is 164 Å². The molecule has 1 atom stereocenters. The van der Waals surface area contributed by atoms with Gasteiger partial charge in [-0.05, 0) is 25.8 Å². The van der Waals surface area contributed by atoms with Crippen LogP contribution >= 0.6 is 34.7 Å². The molecule has 0 bridgehead atoms. The molecule has 1 N–H and O–H groups in total. The number of carbonyl (C=O) groups excluding carboxylic acids is 1. The van der Waals surface area contributed by atoms with Crippen molar-refractivity contribution in [1.29, 1.82) is 0 Å². The summed E-state index contributed by atoms with van der Waals surface area (Å²) in [7, 11) is 0. The van der Waals surface area contributed by atoms with Gasteiger partial charge in [0.15, 0.2) is 0 Å². The normalized spacial score (nSPS) is 16.2. The molecule has 2 aromatic heterocycles. The number of benzene rings is 1. The molecular formula is C18H18ClN3O2S2. The number of carbonyl (C=O) groups is 1. The SMILES string of the molecule is C[C@H](Sc1nnc(-c2sc3ccccc3c2Cl)o1)C(=O)NC1CCCC1. The molecule has 1 amide bonds. The van der Waals surface area contributed by atoms with E-state index in [1.807, 2.05) is 31.2 Å². The lowest BCUT2D eigenvalue weighted by Gasteiger charge is -2.14. The number of aromatic nitrogens is 2. The van der Waals surface area contributed by atoms with Gasteiger partial charge in [-0.3, -0.25) is 4.79 Å². The van der Waals surface area contributed by atoms with Gasteiger partial charge in [0.2, 0.25) is 5.91 Å². The summed E-state index contributed by atoms with van der Waals surface area (Å²) in [5.41, 5.74) is 0. The van der Waals surface area contributed by atoms with Crippen LogP contribution in [0, 0.1) is 0 Å². The number of fused-ring (bicyclic) bond motifs is 1. The van der Waals surface area contributed by atoms with Crippen molar-refractivity contribution in [2.24, 2.45) is 0 Å². The minimum absolute atomic E-state index is 0.0153. The van der Waals surface area contributed by atoms with E-state index >= 15 is 0 Å². The summed E-state index contributed by atoms with van der Waals surface area (Å²) in [5.74, 6) is 0.406. The van der Waals surface area contributed by atoms with Gasteiger partial charge in [-0.25, -0.2) is 0 Å². The van der Waals surface area contributed by atoms with Crippen LogP contribution in [0.4, 0.5) is 0 Å². The van der Waals surface area contributed by atoms with Crippen molar-refractivity contribution in [3.8, 4) is 10.8 Å². The second kappa shape index (κ2) is 7.58. The van der Waals surface area contributed by atoms with Crippen LogP contribution in [0.2, 0.25) is 5.02 Å². The lowest BCUT2D eigenvalue weighted by Crippen LogP contribution is -2.37. The number of hydrogen-bond acceptors (Lipinski definition) is 6. The Morgan fingerprint density at radius 1 is 1.35 bits per heavy atom. The van der Waals surface area contributed by atoms with Gasteiger partial charge in [-0.2, -0.15) is 0 Å². The van der Waals surface area contributed by atoms with Crippen molar-refractivity contribution < 1.29 is 9.21 Å². The fourth-order valence-electron chi connectivity index (χ4n) is 3.09. The van der Waals surface area contributed by atoms with Gasteiger partial charge in [0.25, 0.3) is 11.1 Å². The van der Waals surface area contributed by atoms with Crippen LogP contribution in [0.1, 0.15) is 32.6 Å². The van der Waals surface area contributed by atoms with E-state index in [4.69, 9.17) is 16.0 Å². The smallest absolute Gasteiger partial charge is 0.277 e. The summed E-state index contributed by atoms with van der Waals surface area (Å²) in [6.07, 6.45) is 4.52. The highest BCUT2D eigenvalue weighted by molar-refractivity contribution is 8.00. The molecule has 0 radical (unpaired) electrons. The van der Waals surface area contributed by atoms with E-state index in [1.165, 1.54) is 35.9 Å². The van der Waals surface area contributed by atoms with E-state index in [2.05, 4.69) is 15.5 Å². The molecule has 3 aromatic rings. The minimum Gasteiger partial charge on any atom is -0.410 e. The Morgan fingerprint density at radius 2 is 2.12 bits per heavy atom. The van der Waals surface area contributed by atoms with Gasteiger partial charge < -0.3 is 9.73 Å². The average molecular weight is 408 g/mol. The van der Waals surface area contributed by atoms with Crippen LogP contribution < -0.4 is 5.32 Å². The fourth-order valence-corrected chi connectivity index (χ4v) is 5.22. The fraction of sp³-hybridized carbons (Fsp3) is 0.389. The molecule has 8 heteroatoms. The summed E-state index contributed by atoms with van der Waals surface area (Å²) in [6.45, 7) is 1.85. The standard InChI is InChI=1S/C18H18ClN3O2S2/c1-10(16(23)20-11-6-2-3-7-11)25-18-22-21-17(24-18)15-14(19)12-8-4-5-9-13(12)26-15/h4-5,8-11H,2-3,6-7H2,1H3,(H,20,23)/t10-/m0/s1. The summed E-state index contributed by atoms with van der Waals surface area (Å²) in [6, 6.07) is 8.21. The molecule has 1 fully saturated rings. The van der Waals surface area contributed by atoms with Crippen molar-refractivity contribution in [3.63, 3.8) is 0 Å². The molecular weight excluding hydrogens is 390 g/mol. The zero-order valence-electron chi connectivity index (χ0n) is 14.2. The van der Waals surface area contributed by atoms with Crippen molar-refractivity contribution in [1.82, 2.24) is 15.5 Å². The van der Waals surface area contributed by atoms with Crippen LogP contribution in [-0.4, -0.2) is 27.4 Å². The van der Waals surface area contributed by atoms with Gasteiger partial charge in [0.05, 0.1) is 10.3 Å². The largest absolute Gasteiger partial charge is 0.410 e. The van der Waals surface area contributed by atoms with Crippen molar-refractivity contribution in [2.45, 2.75) is 49.1 Å². The lowest BCUT2D eigenvalue weighted by atomic mass is 10.2. The highest BCUT2D eigenvalue weighted by Crippen LogP contribution is 2.42. The van der Waals surface area contributed by atoms with Gasteiger partial charge in [-0.15, -0.1) is 21.5 Å². The first-order valence-electron chi connectivity index (χ1n) is 8.60.